The predicted octanol–water partition coefficient (Wildman–Crippen LogP) is 2.04. The Morgan fingerprint density at radius 2 is 2.00 bits per heavy atom. The number of benzene rings is 1. The number of rotatable bonds is 4. The fourth-order valence-corrected chi connectivity index (χ4v) is 3.68. The molecule has 21 heavy (non-hydrogen) atoms. The first-order chi connectivity index (χ1) is 10.2. The van der Waals surface area contributed by atoms with Gasteiger partial charge in [-0.1, -0.05) is 34.1 Å². The monoisotopic (exact) mass is 352 g/mol. The highest BCUT2D eigenvalue weighted by molar-refractivity contribution is 9.10. The first-order valence-electron chi connectivity index (χ1n) is 7.56. The van der Waals surface area contributed by atoms with Gasteiger partial charge in [0.25, 0.3) is 0 Å². The van der Waals surface area contributed by atoms with E-state index in [0.29, 0.717) is 12.6 Å². The molecule has 4 nitrogen and oxygen atoms in total. The van der Waals surface area contributed by atoms with Crippen molar-refractivity contribution in [1.29, 1.82) is 0 Å². The highest BCUT2D eigenvalue weighted by Gasteiger charge is 2.29. The van der Waals surface area contributed by atoms with Crippen molar-refractivity contribution in [1.82, 2.24) is 9.80 Å². The number of carbonyl (C=O) groups is 1. The summed E-state index contributed by atoms with van der Waals surface area (Å²) in [6, 6.07) is 8.25. The summed E-state index contributed by atoms with van der Waals surface area (Å²) < 4.78 is 6.29. The van der Waals surface area contributed by atoms with Gasteiger partial charge in [-0.2, -0.15) is 0 Å². The van der Waals surface area contributed by atoms with E-state index in [1.165, 1.54) is 0 Å². The first kappa shape index (κ1) is 15.2. The number of nitrogens with zero attached hydrogens (tertiary/aromatic N) is 2. The highest BCUT2D eigenvalue weighted by atomic mass is 79.9. The number of halogens is 1. The minimum absolute atomic E-state index is 0.199. The molecule has 0 spiro atoms. The minimum Gasteiger partial charge on any atom is -0.379 e. The lowest BCUT2D eigenvalue weighted by molar-refractivity contribution is 0.0185. The molecule has 0 aliphatic carbocycles. The van der Waals surface area contributed by atoms with Crippen LogP contribution in [0.5, 0.6) is 0 Å². The summed E-state index contributed by atoms with van der Waals surface area (Å²) in [6.07, 6.45) is 1.16. The van der Waals surface area contributed by atoms with Crippen LogP contribution in [-0.4, -0.2) is 67.6 Å². The van der Waals surface area contributed by atoms with E-state index < -0.39 is 0 Å². The van der Waals surface area contributed by atoms with Crippen molar-refractivity contribution in [2.24, 2.45) is 0 Å². The molecule has 114 valence electrons. The summed E-state index contributed by atoms with van der Waals surface area (Å²) in [6.45, 7) is 6.25. The van der Waals surface area contributed by atoms with Gasteiger partial charge in [-0.3, -0.25) is 14.6 Å². The first-order valence-corrected chi connectivity index (χ1v) is 8.35. The van der Waals surface area contributed by atoms with Crippen LogP contribution < -0.4 is 0 Å². The van der Waals surface area contributed by atoms with Gasteiger partial charge in [-0.25, -0.2) is 0 Å². The SMILES string of the molecule is O=C(CN1CCC(N2CCOCC2)C1)c1ccccc1Br. The second-order valence-corrected chi connectivity index (χ2v) is 6.58. The zero-order chi connectivity index (χ0) is 14.7. The van der Waals surface area contributed by atoms with Gasteiger partial charge in [0.2, 0.25) is 0 Å². The van der Waals surface area contributed by atoms with Gasteiger partial charge in [-0.05, 0) is 12.5 Å². The third-order valence-electron chi connectivity index (χ3n) is 4.35. The van der Waals surface area contributed by atoms with E-state index in [1.807, 2.05) is 24.3 Å². The van der Waals surface area contributed by atoms with Gasteiger partial charge < -0.3 is 4.74 Å². The van der Waals surface area contributed by atoms with Crippen LogP contribution in [-0.2, 0) is 4.74 Å². The molecule has 2 saturated heterocycles. The second-order valence-electron chi connectivity index (χ2n) is 5.73. The molecule has 1 aromatic carbocycles. The number of hydrogen-bond donors (Lipinski definition) is 0. The molecule has 2 fully saturated rings. The van der Waals surface area contributed by atoms with E-state index in [9.17, 15) is 4.79 Å². The van der Waals surface area contributed by atoms with Crippen molar-refractivity contribution in [3.63, 3.8) is 0 Å². The topological polar surface area (TPSA) is 32.8 Å². The summed E-state index contributed by atoms with van der Waals surface area (Å²) in [7, 11) is 0. The Kier molecular flexibility index (Phi) is 5.06. The van der Waals surface area contributed by atoms with E-state index in [0.717, 1.165) is 55.8 Å². The van der Waals surface area contributed by atoms with Crippen LogP contribution in [0.1, 0.15) is 16.8 Å². The van der Waals surface area contributed by atoms with Crippen LogP contribution in [0, 0.1) is 0 Å². The zero-order valence-corrected chi connectivity index (χ0v) is 13.7. The van der Waals surface area contributed by atoms with Crippen molar-refractivity contribution >= 4 is 21.7 Å². The fraction of sp³-hybridized carbons (Fsp3) is 0.562. The Hall–Kier alpha value is -0.750. The lowest BCUT2D eigenvalue weighted by Gasteiger charge is -2.32. The summed E-state index contributed by atoms with van der Waals surface area (Å²) in [4.78, 5) is 17.2. The lowest BCUT2D eigenvalue weighted by Crippen LogP contribution is -2.45. The van der Waals surface area contributed by atoms with Gasteiger partial charge >= 0.3 is 0 Å². The maximum atomic E-state index is 12.4. The largest absolute Gasteiger partial charge is 0.379 e. The molecule has 0 aromatic heterocycles. The summed E-state index contributed by atoms with van der Waals surface area (Å²) in [5.74, 6) is 0.199. The van der Waals surface area contributed by atoms with Gasteiger partial charge in [0, 0.05) is 42.3 Å². The van der Waals surface area contributed by atoms with Crippen LogP contribution in [0.4, 0.5) is 0 Å². The standard InChI is InChI=1S/C16H21BrN2O2/c17-15-4-2-1-3-14(15)16(20)12-18-6-5-13(11-18)19-7-9-21-10-8-19/h1-4,13H,5-12H2. The smallest absolute Gasteiger partial charge is 0.177 e. The fourth-order valence-electron chi connectivity index (χ4n) is 3.17. The molecule has 1 aromatic rings. The molecule has 2 aliphatic heterocycles. The normalized spacial score (nSPS) is 24.3. The third kappa shape index (κ3) is 3.72. The van der Waals surface area contributed by atoms with Gasteiger partial charge in [0.1, 0.15) is 0 Å². The van der Waals surface area contributed by atoms with Gasteiger partial charge in [-0.15, -0.1) is 0 Å². The van der Waals surface area contributed by atoms with E-state index in [-0.39, 0.29) is 5.78 Å². The van der Waals surface area contributed by atoms with E-state index in [2.05, 4.69) is 25.7 Å². The Bertz CT molecular complexity index is 503. The maximum Gasteiger partial charge on any atom is 0.177 e. The van der Waals surface area contributed by atoms with Gasteiger partial charge in [0.15, 0.2) is 5.78 Å². The summed E-state index contributed by atoms with van der Waals surface area (Å²) in [5, 5.41) is 0. The molecule has 2 heterocycles. The molecule has 0 saturated carbocycles. The van der Waals surface area contributed by atoms with Gasteiger partial charge in [0.05, 0.1) is 19.8 Å². The number of likely N-dealkylation sites (tertiary alicyclic amines) is 1. The van der Waals surface area contributed by atoms with Crippen LogP contribution in [0.2, 0.25) is 0 Å². The van der Waals surface area contributed by atoms with Crippen LogP contribution in [0.25, 0.3) is 0 Å². The molecular weight excluding hydrogens is 332 g/mol. The Balaban J connectivity index is 1.55. The average molecular weight is 353 g/mol. The third-order valence-corrected chi connectivity index (χ3v) is 5.04. The number of morpholine rings is 1. The molecule has 2 aliphatic rings. The Labute approximate surface area is 134 Å². The summed E-state index contributed by atoms with van der Waals surface area (Å²) >= 11 is 3.46. The molecule has 0 N–H and O–H groups in total. The van der Waals surface area contributed by atoms with Crippen molar-refractivity contribution in [2.45, 2.75) is 12.5 Å². The van der Waals surface area contributed by atoms with Crippen molar-refractivity contribution in [3.05, 3.63) is 34.3 Å². The molecule has 0 amide bonds. The molecule has 0 bridgehead atoms. The Morgan fingerprint density at radius 1 is 1.24 bits per heavy atom. The van der Waals surface area contributed by atoms with Crippen LogP contribution >= 0.6 is 15.9 Å². The van der Waals surface area contributed by atoms with Crippen LogP contribution in [0.3, 0.4) is 0 Å². The number of carbonyl (C=O) groups excluding carboxylic acids is 1. The van der Waals surface area contributed by atoms with E-state index >= 15 is 0 Å². The molecule has 5 heteroatoms. The van der Waals surface area contributed by atoms with Crippen LogP contribution in [0.15, 0.2) is 28.7 Å². The lowest BCUT2D eigenvalue weighted by atomic mass is 10.1. The zero-order valence-electron chi connectivity index (χ0n) is 12.1. The molecule has 0 radical (unpaired) electrons. The van der Waals surface area contributed by atoms with Crippen molar-refractivity contribution < 1.29 is 9.53 Å². The highest BCUT2D eigenvalue weighted by Crippen LogP contribution is 2.20. The Morgan fingerprint density at radius 3 is 2.76 bits per heavy atom. The second kappa shape index (κ2) is 7.01. The number of hydrogen-bond acceptors (Lipinski definition) is 4. The van der Waals surface area contributed by atoms with E-state index in [1.54, 1.807) is 0 Å². The van der Waals surface area contributed by atoms with Crippen molar-refractivity contribution in [2.75, 3.05) is 45.9 Å². The number of ether oxygens (including phenoxy) is 1. The molecular formula is C16H21BrN2O2. The summed E-state index contributed by atoms with van der Waals surface area (Å²) in [5.41, 5.74) is 0.785. The predicted molar refractivity (Wildman–Crippen MR) is 85.7 cm³/mol. The van der Waals surface area contributed by atoms with E-state index in [4.69, 9.17) is 4.74 Å². The number of ketones is 1. The average Bonchev–Trinajstić information content (AvgIpc) is 2.97. The molecule has 1 atom stereocenters. The van der Waals surface area contributed by atoms with Crippen molar-refractivity contribution in [3.8, 4) is 0 Å². The molecule has 3 rings (SSSR count). The maximum absolute atomic E-state index is 12.4. The quantitative estimate of drug-likeness (QED) is 0.776. The minimum atomic E-state index is 0.199. The molecule has 1 unspecified atom stereocenters. The number of Topliss-reactive ketones (excluding diaryl/α,β-unsaturated/α-hetero) is 1.